The Bertz CT molecular complexity index is 447. The summed E-state index contributed by atoms with van der Waals surface area (Å²) in [7, 11) is 1.64. The number of amides is 2. The molecule has 0 unspecified atom stereocenters. The average molecular weight is 283 g/mol. The number of likely N-dealkylation sites (N-methyl/N-ethyl adjacent to an activating group) is 1. The Labute approximate surface area is 102 Å². The maximum Gasteiger partial charge on any atom is 0.247 e. The number of anilines is 1. The number of hydrogen-bond donors (Lipinski definition) is 0. The van der Waals surface area contributed by atoms with Gasteiger partial charge in [0.15, 0.2) is 0 Å². The van der Waals surface area contributed by atoms with Crippen LogP contribution in [0, 0.1) is 0 Å². The van der Waals surface area contributed by atoms with Gasteiger partial charge in [-0.2, -0.15) is 0 Å². The Morgan fingerprint density at radius 3 is 2.62 bits per heavy atom. The molecule has 84 valence electrons. The molecule has 0 radical (unpaired) electrons. The molecular formula is C11H11BrN2O2. The molecule has 5 heteroatoms. The lowest BCUT2D eigenvalue weighted by Crippen LogP contribution is -2.52. The number of nitrogens with zero attached hydrogens (tertiary/aromatic N) is 2. The summed E-state index contributed by atoms with van der Waals surface area (Å²) in [4.78, 5) is 26.3. The van der Waals surface area contributed by atoms with Crippen LogP contribution >= 0.6 is 15.9 Å². The third-order valence-electron chi connectivity index (χ3n) is 2.51. The Morgan fingerprint density at radius 2 is 1.94 bits per heavy atom. The molecule has 1 fully saturated rings. The highest BCUT2D eigenvalue weighted by Crippen LogP contribution is 2.21. The van der Waals surface area contributed by atoms with Gasteiger partial charge in [-0.3, -0.25) is 9.59 Å². The van der Waals surface area contributed by atoms with Gasteiger partial charge in [-0.25, -0.2) is 0 Å². The summed E-state index contributed by atoms with van der Waals surface area (Å²) in [6.45, 7) is 0.261. The van der Waals surface area contributed by atoms with Gasteiger partial charge in [0.1, 0.15) is 6.54 Å². The quantitative estimate of drug-likeness (QED) is 0.778. The number of halogens is 1. The smallest absolute Gasteiger partial charge is 0.247 e. The molecule has 0 bridgehead atoms. The molecule has 2 amide bonds. The molecule has 1 aliphatic heterocycles. The molecule has 1 saturated heterocycles. The molecule has 1 aromatic rings. The van der Waals surface area contributed by atoms with Crippen LogP contribution in [-0.4, -0.2) is 36.9 Å². The van der Waals surface area contributed by atoms with E-state index >= 15 is 0 Å². The zero-order chi connectivity index (χ0) is 11.7. The lowest BCUT2D eigenvalue weighted by Gasteiger charge is -2.31. The maximum atomic E-state index is 11.8. The van der Waals surface area contributed by atoms with Gasteiger partial charge in [-0.15, -0.1) is 0 Å². The fourth-order valence-electron chi connectivity index (χ4n) is 1.60. The van der Waals surface area contributed by atoms with Gasteiger partial charge in [0.25, 0.3) is 0 Å². The van der Waals surface area contributed by atoms with Crippen LogP contribution in [0.5, 0.6) is 0 Å². The standard InChI is InChI=1S/C11H11BrN2O2/c1-13-6-11(16)14(7-10(13)15)9-4-2-3-8(12)5-9/h2-5H,6-7H2,1H3. The zero-order valence-electron chi connectivity index (χ0n) is 8.81. The van der Waals surface area contributed by atoms with Crippen LogP contribution in [0.4, 0.5) is 5.69 Å². The van der Waals surface area contributed by atoms with Crippen LogP contribution in [0.25, 0.3) is 0 Å². The lowest BCUT2D eigenvalue weighted by atomic mass is 10.2. The van der Waals surface area contributed by atoms with E-state index in [-0.39, 0.29) is 24.9 Å². The molecule has 1 aliphatic rings. The van der Waals surface area contributed by atoms with E-state index in [0.29, 0.717) is 0 Å². The monoisotopic (exact) mass is 282 g/mol. The molecule has 1 aromatic carbocycles. The van der Waals surface area contributed by atoms with Crippen molar-refractivity contribution in [3.63, 3.8) is 0 Å². The topological polar surface area (TPSA) is 40.6 Å². The first-order valence-electron chi connectivity index (χ1n) is 4.88. The molecule has 0 atom stereocenters. The molecule has 0 saturated carbocycles. The van der Waals surface area contributed by atoms with Crippen LogP contribution in [0.3, 0.4) is 0 Å². The first-order chi connectivity index (χ1) is 7.58. The molecule has 1 heterocycles. The molecule has 0 aromatic heterocycles. The Kier molecular flexibility index (Phi) is 2.96. The summed E-state index contributed by atoms with van der Waals surface area (Å²) < 4.78 is 0.893. The van der Waals surface area contributed by atoms with Gasteiger partial charge >= 0.3 is 0 Å². The van der Waals surface area contributed by atoms with Gasteiger partial charge in [0.05, 0.1) is 6.54 Å². The van der Waals surface area contributed by atoms with Crippen molar-refractivity contribution in [2.45, 2.75) is 0 Å². The summed E-state index contributed by atoms with van der Waals surface area (Å²) in [5.41, 5.74) is 0.751. The number of rotatable bonds is 1. The normalized spacial score (nSPS) is 16.9. The maximum absolute atomic E-state index is 11.8. The summed E-state index contributed by atoms with van der Waals surface area (Å²) in [6, 6.07) is 7.37. The molecular weight excluding hydrogens is 272 g/mol. The molecule has 16 heavy (non-hydrogen) atoms. The van der Waals surface area contributed by atoms with Crippen molar-refractivity contribution in [2.24, 2.45) is 0 Å². The largest absolute Gasteiger partial charge is 0.335 e. The second-order valence-corrected chi connectivity index (χ2v) is 4.63. The van der Waals surface area contributed by atoms with Crippen molar-refractivity contribution in [3.8, 4) is 0 Å². The fourth-order valence-corrected chi connectivity index (χ4v) is 1.99. The van der Waals surface area contributed by atoms with Crippen molar-refractivity contribution < 1.29 is 9.59 Å². The summed E-state index contributed by atoms with van der Waals surface area (Å²) in [6.07, 6.45) is 0. The molecule has 4 nitrogen and oxygen atoms in total. The van der Waals surface area contributed by atoms with Gasteiger partial charge in [-0.05, 0) is 18.2 Å². The van der Waals surface area contributed by atoms with E-state index in [1.54, 1.807) is 7.05 Å². The highest BCUT2D eigenvalue weighted by atomic mass is 79.9. The van der Waals surface area contributed by atoms with Gasteiger partial charge < -0.3 is 9.80 Å². The number of carbonyl (C=O) groups is 2. The Hall–Kier alpha value is -1.36. The van der Waals surface area contributed by atoms with E-state index in [0.717, 1.165) is 10.2 Å². The van der Waals surface area contributed by atoms with Gasteiger partial charge in [-0.1, -0.05) is 22.0 Å². The summed E-state index contributed by atoms with van der Waals surface area (Å²) in [5, 5.41) is 0. The van der Waals surface area contributed by atoms with Crippen LogP contribution in [0.1, 0.15) is 0 Å². The van der Waals surface area contributed by atoms with E-state index in [4.69, 9.17) is 0 Å². The second-order valence-electron chi connectivity index (χ2n) is 3.71. The third kappa shape index (κ3) is 2.09. The van der Waals surface area contributed by atoms with Crippen LogP contribution in [-0.2, 0) is 9.59 Å². The minimum absolute atomic E-state index is 0.0421. The van der Waals surface area contributed by atoms with E-state index < -0.39 is 0 Å². The summed E-state index contributed by atoms with van der Waals surface area (Å²) in [5.74, 6) is -0.0974. The van der Waals surface area contributed by atoms with Crippen molar-refractivity contribution in [2.75, 3.05) is 25.0 Å². The second kappa shape index (κ2) is 4.25. The number of benzene rings is 1. The van der Waals surface area contributed by atoms with Gasteiger partial charge in [0.2, 0.25) is 11.8 Å². The number of hydrogen-bond acceptors (Lipinski definition) is 2. The van der Waals surface area contributed by atoms with Crippen molar-refractivity contribution in [1.82, 2.24) is 4.90 Å². The number of piperazine rings is 1. The van der Waals surface area contributed by atoms with Crippen molar-refractivity contribution in [3.05, 3.63) is 28.7 Å². The molecule has 2 rings (SSSR count). The third-order valence-corrected chi connectivity index (χ3v) is 3.01. The molecule has 0 aliphatic carbocycles. The minimum Gasteiger partial charge on any atom is -0.335 e. The Morgan fingerprint density at radius 1 is 1.19 bits per heavy atom. The van der Waals surface area contributed by atoms with E-state index in [1.807, 2.05) is 24.3 Å². The van der Waals surface area contributed by atoms with Crippen LogP contribution in [0.2, 0.25) is 0 Å². The predicted molar refractivity (Wildman–Crippen MR) is 64.1 cm³/mol. The van der Waals surface area contributed by atoms with Crippen LogP contribution in [0.15, 0.2) is 28.7 Å². The summed E-state index contributed by atoms with van der Waals surface area (Å²) >= 11 is 3.34. The highest BCUT2D eigenvalue weighted by molar-refractivity contribution is 9.10. The van der Waals surface area contributed by atoms with Crippen molar-refractivity contribution >= 4 is 33.4 Å². The Balaban J connectivity index is 2.27. The van der Waals surface area contributed by atoms with Gasteiger partial charge in [0, 0.05) is 17.2 Å². The first-order valence-corrected chi connectivity index (χ1v) is 5.67. The molecule has 0 N–H and O–H groups in total. The molecule has 0 spiro atoms. The first kappa shape index (κ1) is 11.1. The van der Waals surface area contributed by atoms with E-state index in [1.165, 1.54) is 9.80 Å². The fraction of sp³-hybridized carbons (Fsp3) is 0.273. The SMILES string of the molecule is CN1CC(=O)N(c2cccc(Br)c2)CC1=O. The predicted octanol–water partition coefficient (Wildman–Crippen LogP) is 1.25. The average Bonchev–Trinajstić information content (AvgIpc) is 2.23. The minimum atomic E-state index is -0.0554. The van der Waals surface area contributed by atoms with Crippen LogP contribution < -0.4 is 4.90 Å². The van der Waals surface area contributed by atoms with E-state index in [9.17, 15) is 9.59 Å². The van der Waals surface area contributed by atoms with E-state index in [2.05, 4.69) is 15.9 Å². The lowest BCUT2D eigenvalue weighted by molar-refractivity contribution is -0.136. The number of carbonyl (C=O) groups excluding carboxylic acids is 2. The van der Waals surface area contributed by atoms with Crippen molar-refractivity contribution in [1.29, 1.82) is 0 Å². The zero-order valence-corrected chi connectivity index (χ0v) is 10.4. The highest BCUT2D eigenvalue weighted by Gasteiger charge is 2.28.